The molecular weight excluding hydrogens is 282 g/mol. The van der Waals surface area contributed by atoms with Crippen LogP contribution in [0, 0.1) is 20.8 Å². The third-order valence-electron chi connectivity index (χ3n) is 3.61. The van der Waals surface area contributed by atoms with Crippen LogP contribution in [0.2, 0.25) is 5.15 Å². The van der Waals surface area contributed by atoms with E-state index in [2.05, 4.69) is 62.0 Å². The predicted molar refractivity (Wildman–Crippen MR) is 89.7 cm³/mol. The first-order valence-corrected chi connectivity index (χ1v) is 7.46. The molecule has 0 saturated heterocycles. The van der Waals surface area contributed by atoms with E-state index in [0.717, 1.165) is 22.9 Å². The van der Waals surface area contributed by atoms with Crippen LogP contribution in [0.3, 0.4) is 0 Å². The molecule has 1 aromatic heterocycles. The average Bonchev–Trinajstić information content (AvgIpc) is 2.38. The number of hydrogen-bond acceptors (Lipinski definition) is 3. The summed E-state index contributed by atoms with van der Waals surface area (Å²) in [6, 6.07) is 6.18. The summed E-state index contributed by atoms with van der Waals surface area (Å²) in [5.41, 5.74) is 4.23. The van der Waals surface area contributed by atoms with E-state index in [-0.39, 0.29) is 5.41 Å². The molecule has 112 valence electrons. The molecule has 1 N–H and O–H groups in total. The monoisotopic (exact) mass is 303 g/mol. The first kappa shape index (κ1) is 15.8. The molecule has 0 amide bonds. The second-order valence-corrected chi connectivity index (χ2v) is 6.79. The fourth-order valence-electron chi connectivity index (χ4n) is 1.96. The summed E-state index contributed by atoms with van der Waals surface area (Å²) in [6.45, 7) is 12.4. The fourth-order valence-corrected chi connectivity index (χ4v) is 2.13. The molecule has 0 atom stereocenters. The maximum Gasteiger partial charge on any atom is 0.138 e. The van der Waals surface area contributed by atoms with Gasteiger partial charge in [0.25, 0.3) is 0 Å². The van der Waals surface area contributed by atoms with Crippen LogP contribution in [0.5, 0.6) is 0 Å². The lowest BCUT2D eigenvalue weighted by Gasteiger charge is -2.20. The van der Waals surface area contributed by atoms with Crippen LogP contribution in [0.15, 0.2) is 18.2 Å². The van der Waals surface area contributed by atoms with Crippen LogP contribution < -0.4 is 5.32 Å². The van der Waals surface area contributed by atoms with E-state index >= 15 is 0 Å². The molecule has 0 radical (unpaired) electrons. The highest BCUT2D eigenvalue weighted by atomic mass is 35.5. The van der Waals surface area contributed by atoms with Crippen LogP contribution in [-0.4, -0.2) is 9.97 Å². The smallest absolute Gasteiger partial charge is 0.138 e. The van der Waals surface area contributed by atoms with E-state index < -0.39 is 0 Å². The van der Waals surface area contributed by atoms with E-state index in [9.17, 15) is 0 Å². The lowest BCUT2D eigenvalue weighted by molar-refractivity contribution is 0.545. The first-order valence-electron chi connectivity index (χ1n) is 7.08. The van der Waals surface area contributed by atoms with Crippen LogP contribution in [0.1, 0.15) is 43.3 Å². The Hall–Kier alpha value is -1.61. The minimum Gasteiger partial charge on any atom is -0.340 e. The zero-order valence-corrected chi connectivity index (χ0v) is 14.3. The van der Waals surface area contributed by atoms with Gasteiger partial charge in [-0.2, -0.15) is 0 Å². The lowest BCUT2D eigenvalue weighted by Crippen LogP contribution is -2.17. The molecule has 2 rings (SSSR count). The Morgan fingerprint density at radius 1 is 1.00 bits per heavy atom. The molecule has 4 heteroatoms. The molecule has 0 aliphatic rings. The van der Waals surface area contributed by atoms with Crippen LogP contribution in [0.25, 0.3) is 0 Å². The molecular formula is C17H22ClN3. The fraction of sp³-hybridized carbons (Fsp3) is 0.412. The molecule has 21 heavy (non-hydrogen) atoms. The number of aromatic nitrogens is 2. The van der Waals surface area contributed by atoms with E-state index in [1.54, 1.807) is 0 Å². The highest BCUT2D eigenvalue weighted by Crippen LogP contribution is 2.29. The molecule has 0 bridgehead atoms. The summed E-state index contributed by atoms with van der Waals surface area (Å²) >= 11 is 6.27. The van der Waals surface area contributed by atoms with Gasteiger partial charge in [0.1, 0.15) is 16.8 Å². The van der Waals surface area contributed by atoms with Crippen molar-refractivity contribution in [3.8, 4) is 0 Å². The summed E-state index contributed by atoms with van der Waals surface area (Å²) in [6.07, 6.45) is 0. The summed E-state index contributed by atoms with van der Waals surface area (Å²) in [5.74, 6) is 1.51. The summed E-state index contributed by atoms with van der Waals surface area (Å²) in [4.78, 5) is 9.06. The molecule has 0 aliphatic carbocycles. The van der Waals surface area contributed by atoms with Gasteiger partial charge in [0, 0.05) is 16.7 Å². The van der Waals surface area contributed by atoms with E-state index in [4.69, 9.17) is 11.6 Å². The first-order chi connectivity index (χ1) is 9.70. The molecule has 0 unspecified atom stereocenters. The number of nitrogens with zero attached hydrogens (tertiary/aromatic N) is 2. The Morgan fingerprint density at radius 3 is 2.29 bits per heavy atom. The number of hydrogen-bond donors (Lipinski definition) is 1. The number of rotatable bonds is 2. The van der Waals surface area contributed by atoms with Crippen molar-refractivity contribution in [2.24, 2.45) is 0 Å². The van der Waals surface area contributed by atoms with Gasteiger partial charge in [0.15, 0.2) is 0 Å². The van der Waals surface area contributed by atoms with Gasteiger partial charge in [-0.05, 0) is 38.0 Å². The Bertz CT molecular complexity index is 672. The molecule has 0 spiro atoms. The number of nitrogens with one attached hydrogen (secondary N) is 1. The Balaban J connectivity index is 2.49. The summed E-state index contributed by atoms with van der Waals surface area (Å²) < 4.78 is 0. The van der Waals surface area contributed by atoms with Gasteiger partial charge in [0.05, 0.1) is 0 Å². The predicted octanol–water partition coefficient (Wildman–Crippen LogP) is 5.10. The van der Waals surface area contributed by atoms with E-state index in [1.165, 1.54) is 11.1 Å². The molecule has 2 aromatic rings. The SMILES string of the molecule is Cc1cccc(Nc2nc(C(C)(C)C)nc(Cl)c2C)c1C. The lowest BCUT2D eigenvalue weighted by atomic mass is 9.95. The molecule has 0 fully saturated rings. The molecule has 1 aromatic carbocycles. The number of halogens is 1. The number of benzene rings is 1. The third kappa shape index (κ3) is 3.35. The zero-order valence-electron chi connectivity index (χ0n) is 13.5. The zero-order chi connectivity index (χ0) is 15.8. The van der Waals surface area contributed by atoms with Gasteiger partial charge in [-0.1, -0.05) is 44.5 Å². The highest BCUT2D eigenvalue weighted by Gasteiger charge is 2.21. The van der Waals surface area contributed by atoms with Gasteiger partial charge in [-0.3, -0.25) is 0 Å². The average molecular weight is 304 g/mol. The van der Waals surface area contributed by atoms with Crippen molar-refractivity contribution in [1.82, 2.24) is 9.97 Å². The van der Waals surface area contributed by atoms with Gasteiger partial charge in [0.2, 0.25) is 0 Å². The van der Waals surface area contributed by atoms with Crippen molar-refractivity contribution in [3.63, 3.8) is 0 Å². The Labute approximate surface area is 131 Å². The standard InChI is InChI=1S/C17H22ClN3/c1-10-8-7-9-13(11(10)2)19-15-12(3)14(18)20-16(21-15)17(4,5)6/h7-9H,1-6H3,(H,19,20,21). The third-order valence-corrected chi connectivity index (χ3v) is 3.98. The molecule has 0 saturated carbocycles. The maximum absolute atomic E-state index is 6.27. The van der Waals surface area contributed by atoms with Crippen molar-refractivity contribution in [1.29, 1.82) is 0 Å². The van der Waals surface area contributed by atoms with Gasteiger partial charge in [-0.25, -0.2) is 9.97 Å². The van der Waals surface area contributed by atoms with Crippen molar-refractivity contribution in [3.05, 3.63) is 45.9 Å². The van der Waals surface area contributed by atoms with E-state index in [0.29, 0.717) is 5.15 Å². The Kier molecular flexibility index (Phi) is 4.24. The number of anilines is 2. The molecule has 1 heterocycles. The number of aryl methyl sites for hydroxylation is 1. The van der Waals surface area contributed by atoms with Gasteiger partial charge in [-0.15, -0.1) is 0 Å². The second-order valence-electron chi connectivity index (χ2n) is 6.43. The van der Waals surface area contributed by atoms with Gasteiger partial charge < -0.3 is 5.32 Å². The highest BCUT2D eigenvalue weighted by molar-refractivity contribution is 6.30. The summed E-state index contributed by atoms with van der Waals surface area (Å²) in [7, 11) is 0. The van der Waals surface area contributed by atoms with Crippen LogP contribution >= 0.6 is 11.6 Å². The van der Waals surface area contributed by atoms with Crippen LogP contribution in [0.4, 0.5) is 11.5 Å². The quantitative estimate of drug-likeness (QED) is 0.785. The van der Waals surface area contributed by atoms with Crippen molar-refractivity contribution in [2.75, 3.05) is 5.32 Å². The minimum atomic E-state index is -0.143. The van der Waals surface area contributed by atoms with Crippen LogP contribution in [-0.2, 0) is 5.41 Å². The van der Waals surface area contributed by atoms with Crippen molar-refractivity contribution >= 4 is 23.1 Å². The molecule has 3 nitrogen and oxygen atoms in total. The van der Waals surface area contributed by atoms with Crippen molar-refractivity contribution < 1.29 is 0 Å². The topological polar surface area (TPSA) is 37.8 Å². The normalized spacial score (nSPS) is 11.6. The largest absolute Gasteiger partial charge is 0.340 e. The Morgan fingerprint density at radius 2 is 1.67 bits per heavy atom. The second kappa shape index (κ2) is 5.64. The van der Waals surface area contributed by atoms with Gasteiger partial charge >= 0.3 is 0 Å². The van der Waals surface area contributed by atoms with Crippen molar-refractivity contribution in [2.45, 2.75) is 47.0 Å². The maximum atomic E-state index is 6.27. The minimum absolute atomic E-state index is 0.143. The summed E-state index contributed by atoms with van der Waals surface area (Å²) in [5, 5.41) is 3.90. The molecule has 0 aliphatic heterocycles. The van der Waals surface area contributed by atoms with E-state index in [1.807, 2.05) is 13.0 Å².